The molecule has 23 heavy (non-hydrogen) atoms. The van der Waals surface area contributed by atoms with Gasteiger partial charge in [-0.25, -0.2) is 14.8 Å². The molecular weight excluding hydrogens is 318 g/mol. The fraction of sp³-hybridized carbons (Fsp3) is 0.600. The summed E-state index contributed by atoms with van der Waals surface area (Å²) in [7, 11) is 1.32. The van der Waals surface area contributed by atoms with E-state index < -0.39 is 5.97 Å². The molecule has 0 atom stereocenters. The molecule has 0 bridgehead atoms. The van der Waals surface area contributed by atoms with Gasteiger partial charge in [-0.05, 0) is 26.2 Å². The number of carbonyl (C=O) groups excluding carboxylic acids is 2. The maximum Gasteiger partial charge on any atom is 0.356 e. The normalized spacial score (nSPS) is 14.4. The van der Waals surface area contributed by atoms with Crippen LogP contribution in [0.2, 0.25) is 0 Å². The van der Waals surface area contributed by atoms with Gasteiger partial charge < -0.3 is 14.4 Å². The summed E-state index contributed by atoms with van der Waals surface area (Å²) in [6.07, 6.45) is 3.40. The SMILES string of the molecule is CCOC(=O)CSc1nc(C(=O)OC)cc(N2CCCCC2)n1. The summed E-state index contributed by atoms with van der Waals surface area (Å²) in [4.78, 5) is 34.1. The molecule has 2 rings (SSSR count). The number of methoxy groups -OCH3 is 1. The second-order valence-electron chi connectivity index (χ2n) is 5.03. The van der Waals surface area contributed by atoms with Gasteiger partial charge in [0.25, 0.3) is 0 Å². The number of rotatable bonds is 6. The number of aromatic nitrogens is 2. The van der Waals surface area contributed by atoms with Crippen LogP contribution in [0, 0.1) is 0 Å². The number of carbonyl (C=O) groups is 2. The highest BCUT2D eigenvalue weighted by Gasteiger charge is 2.18. The molecule has 0 spiro atoms. The van der Waals surface area contributed by atoms with E-state index in [4.69, 9.17) is 9.47 Å². The number of hydrogen-bond acceptors (Lipinski definition) is 8. The molecule has 0 N–H and O–H groups in total. The molecule has 8 heteroatoms. The average Bonchev–Trinajstić information content (AvgIpc) is 2.60. The predicted octanol–water partition coefficient (Wildman–Crippen LogP) is 1.91. The van der Waals surface area contributed by atoms with E-state index >= 15 is 0 Å². The zero-order valence-electron chi connectivity index (χ0n) is 13.4. The number of hydrogen-bond donors (Lipinski definition) is 0. The van der Waals surface area contributed by atoms with Crippen LogP contribution in [-0.2, 0) is 14.3 Å². The van der Waals surface area contributed by atoms with Crippen molar-refractivity contribution >= 4 is 29.5 Å². The molecule has 1 fully saturated rings. The number of ether oxygens (including phenoxy) is 2. The largest absolute Gasteiger partial charge is 0.465 e. The van der Waals surface area contributed by atoms with Crippen molar-refractivity contribution in [3.05, 3.63) is 11.8 Å². The molecule has 0 saturated carbocycles. The molecule has 0 unspecified atom stereocenters. The van der Waals surface area contributed by atoms with Gasteiger partial charge in [0.15, 0.2) is 10.9 Å². The molecule has 1 aliphatic rings. The lowest BCUT2D eigenvalue weighted by atomic mass is 10.1. The first kappa shape index (κ1) is 17.5. The highest BCUT2D eigenvalue weighted by Crippen LogP contribution is 2.22. The third-order valence-corrected chi connectivity index (χ3v) is 4.21. The van der Waals surface area contributed by atoms with E-state index in [0.29, 0.717) is 17.6 Å². The lowest BCUT2D eigenvalue weighted by molar-refractivity contribution is -0.139. The van der Waals surface area contributed by atoms with Crippen LogP contribution < -0.4 is 4.90 Å². The van der Waals surface area contributed by atoms with Crippen molar-refractivity contribution in [3.8, 4) is 0 Å². The highest BCUT2D eigenvalue weighted by atomic mass is 32.2. The van der Waals surface area contributed by atoms with Crippen molar-refractivity contribution in [1.29, 1.82) is 0 Å². The Morgan fingerprint density at radius 1 is 1.26 bits per heavy atom. The Kier molecular flexibility index (Phi) is 6.64. The van der Waals surface area contributed by atoms with E-state index in [2.05, 4.69) is 14.9 Å². The summed E-state index contributed by atoms with van der Waals surface area (Å²) in [5, 5.41) is 0.376. The lowest BCUT2D eigenvalue weighted by Crippen LogP contribution is -2.30. The average molecular weight is 339 g/mol. The first-order chi connectivity index (χ1) is 11.1. The van der Waals surface area contributed by atoms with Gasteiger partial charge in [0.05, 0.1) is 19.5 Å². The van der Waals surface area contributed by atoms with Crippen LogP contribution in [0.3, 0.4) is 0 Å². The van der Waals surface area contributed by atoms with Crippen LogP contribution in [0.4, 0.5) is 5.82 Å². The fourth-order valence-electron chi connectivity index (χ4n) is 2.30. The minimum atomic E-state index is -0.511. The lowest BCUT2D eigenvalue weighted by Gasteiger charge is -2.28. The first-order valence-electron chi connectivity index (χ1n) is 7.64. The van der Waals surface area contributed by atoms with Gasteiger partial charge in [0, 0.05) is 19.2 Å². The molecule has 0 aromatic carbocycles. The van der Waals surface area contributed by atoms with Gasteiger partial charge in [-0.3, -0.25) is 4.79 Å². The minimum Gasteiger partial charge on any atom is -0.465 e. The number of anilines is 1. The van der Waals surface area contributed by atoms with Crippen molar-refractivity contribution in [2.24, 2.45) is 0 Å². The van der Waals surface area contributed by atoms with Crippen molar-refractivity contribution < 1.29 is 19.1 Å². The third kappa shape index (κ3) is 5.09. The zero-order valence-corrected chi connectivity index (χ0v) is 14.2. The van der Waals surface area contributed by atoms with Crippen LogP contribution in [0.25, 0.3) is 0 Å². The Labute approximate surface area is 139 Å². The molecule has 2 heterocycles. The molecule has 0 amide bonds. The molecule has 1 aromatic heterocycles. The van der Waals surface area contributed by atoms with Gasteiger partial charge in [0.1, 0.15) is 5.82 Å². The molecule has 0 aliphatic carbocycles. The summed E-state index contributed by atoms with van der Waals surface area (Å²) in [6, 6.07) is 1.64. The van der Waals surface area contributed by atoms with E-state index in [1.54, 1.807) is 13.0 Å². The summed E-state index contributed by atoms with van der Waals surface area (Å²) in [6.45, 7) is 3.89. The Hall–Kier alpha value is -1.83. The third-order valence-electron chi connectivity index (χ3n) is 3.39. The van der Waals surface area contributed by atoms with Gasteiger partial charge >= 0.3 is 11.9 Å². The van der Waals surface area contributed by atoms with Gasteiger partial charge in [-0.15, -0.1) is 0 Å². The van der Waals surface area contributed by atoms with Crippen molar-refractivity contribution in [2.75, 3.05) is 37.5 Å². The summed E-state index contributed by atoms with van der Waals surface area (Å²) in [5.74, 6) is -0.0306. The highest BCUT2D eigenvalue weighted by molar-refractivity contribution is 7.99. The van der Waals surface area contributed by atoms with Crippen LogP contribution in [0.1, 0.15) is 36.7 Å². The van der Waals surface area contributed by atoms with Crippen LogP contribution in [0.5, 0.6) is 0 Å². The second-order valence-corrected chi connectivity index (χ2v) is 5.97. The van der Waals surface area contributed by atoms with Gasteiger partial charge in [-0.2, -0.15) is 0 Å². The quantitative estimate of drug-likeness (QED) is 0.442. The van der Waals surface area contributed by atoms with Gasteiger partial charge in [0.2, 0.25) is 0 Å². The molecule has 0 radical (unpaired) electrons. The Morgan fingerprint density at radius 2 is 2.00 bits per heavy atom. The Balaban J connectivity index is 2.18. The van der Waals surface area contributed by atoms with E-state index in [-0.39, 0.29) is 17.4 Å². The molecule has 7 nitrogen and oxygen atoms in total. The standard InChI is InChI=1S/C15H21N3O4S/c1-3-22-13(19)10-23-15-16-11(14(20)21-2)9-12(17-15)18-7-5-4-6-8-18/h9H,3-8,10H2,1-2H3. The molecule has 1 aromatic rings. The minimum absolute atomic E-state index is 0.109. The number of esters is 2. The topological polar surface area (TPSA) is 81.6 Å². The van der Waals surface area contributed by atoms with E-state index in [9.17, 15) is 9.59 Å². The number of nitrogens with zero attached hydrogens (tertiary/aromatic N) is 3. The van der Waals surface area contributed by atoms with Crippen molar-refractivity contribution in [2.45, 2.75) is 31.3 Å². The predicted molar refractivity (Wildman–Crippen MR) is 86.8 cm³/mol. The monoisotopic (exact) mass is 339 g/mol. The molecule has 1 aliphatic heterocycles. The van der Waals surface area contributed by atoms with Gasteiger partial charge in [-0.1, -0.05) is 11.8 Å². The van der Waals surface area contributed by atoms with Crippen LogP contribution in [-0.4, -0.2) is 54.5 Å². The van der Waals surface area contributed by atoms with E-state index in [1.807, 2.05) is 0 Å². The summed E-state index contributed by atoms with van der Waals surface area (Å²) >= 11 is 1.16. The van der Waals surface area contributed by atoms with Crippen LogP contribution in [0.15, 0.2) is 11.2 Å². The smallest absolute Gasteiger partial charge is 0.356 e. The fourth-order valence-corrected chi connectivity index (χ4v) is 2.95. The molecule has 1 saturated heterocycles. The summed E-state index contributed by atoms with van der Waals surface area (Å²) in [5.41, 5.74) is 0.203. The first-order valence-corrected chi connectivity index (χ1v) is 8.63. The molecule has 126 valence electrons. The van der Waals surface area contributed by atoms with Crippen molar-refractivity contribution in [3.63, 3.8) is 0 Å². The maximum atomic E-state index is 11.8. The number of piperidine rings is 1. The zero-order chi connectivity index (χ0) is 16.7. The maximum absolute atomic E-state index is 11.8. The Morgan fingerprint density at radius 3 is 2.65 bits per heavy atom. The Bertz CT molecular complexity index is 562. The van der Waals surface area contributed by atoms with Crippen LogP contribution >= 0.6 is 11.8 Å². The number of thioether (sulfide) groups is 1. The summed E-state index contributed by atoms with van der Waals surface area (Å²) < 4.78 is 9.64. The van der Waals surface area contributed by atoms with Crippen molar-refractivity contribution in [1.82, 2.24) is 9.97 Å². The van der Waals surface area contributed by atoms with E-state index in [1.165, 1.54) is 13.5 Å². The second kappa shape index (κ2) is 8.71. The van der Waals surface area contributed by atoms with E-state index in [0.717, 1.165) is 37.7 Å². The molecular formula is C15H21N3O4S.